The largest absolute Gasteiger partial charge is 0.465 e. The Balaban J connectivity index is 1.43. The van der Waals surface area contributed by atoms with E-state index in [2.05, 4.69) is 16.2 Å². The zero-order valence-electron chi connectivity index (χ0n) is 21.5. The number of rotatable bonds is 9. The van der Waals surface area contributed by atoms with Crippen molar-refractivity contribution in [2.24, 2.45) is 4.99 Å². The molecule has 1 aliphatic carbocycles. The quantitative estimate of drug-likeness (QED) is 0.298. The van der Waals surface area contributed by atoms with E-state index in [1.54, 1.807) is 29.7 Å². The highest BCUT2D eigenvalue weighted by Crippen LogP contribution is 2.38. The Morgan fingerprint density at radius 3 is 2.69 bits per heavy atom. The molecule has 0 fully saturated rings. The summed E-state index contributed by atoms with van der Waals surface area (Å²) >= 11 is 3.79. The summed E-state index contributed by atoms with van der Waals surface area (Å²) in [6.07, 6.45) is 9.25. The highest BCUT2D eigenvalue weighted by atomic mass is 32.2. The van der Waals surface area contributed by atoms with Gasteiger partial charge in [0.25, 0.3) is 5.91 Å². The first-order valence-electron chi connectivity index (χ1n) is 12.3. The van der Waals surface area contributed by atoms with Crippen molar-refractivity contribution in [1.29, 1.82) is 0 Å². The number of carbonyl (C=O) groups excluding carboxylic acids is 4. The SMILES string of the molecule is C#CCn1c(=NC(=O)CSCC(=O)Nc2sc3c(c2C(=O)OC)CCCC3)sc2cc(C(=O)OCC)ccc21. The van der Waals surface area contributed by atoms with Crippen LogP contribution < -0.4 is 10.1 Å². The van der Waals surface area contributed by atoms with Gasteiger partial charge >= 0.3 is 11.9 Å². The maximum absolute atomic E-state index is 12.7. The summed E-state index contributed by atoms with van der Waals surface area (Å²) in [7, 11) is 1.33. The Labute approximate surface area is 237 Å². The molecule has 4 rings (SSSR count). The Morgan fingerprint density at radius 2 is 1.95 bits per heavy atom. The second-order valence-electron chi connectivity index (χ2n) is 8.53. The van der Waals surface area contributed by atoms with Crippen molar-refractivity contribution in [3.63, 3.8) is 0 Å². The van der Waals surface area contributed by atoms with Crippen LogP contribution in [0.15, 0.2) is 23.2 Å². The van der Waals surface area contributed by atoms with Gasteiger partial charge in [0.1, 0.15) is 5.00 Å². The van der Waals surface area contributed by atoms with Crippen molar-refractivity contribution in [3.05, 3.63) is 44.6 Å². The Kier molecular flexibility index (Phi) is 9.61. The molecule has 0 unspecified atom stereocenters. The van der Waals surface area contributed by atoms with E-state index < -0.39 is 17.8 Å². The first-order chi connectivity index (χ1) is 18.9. The van der Waals surface area contributed by atoms with E-state index in [9.17, 15) is 19.2 Å². The number of nitrogens with one attached hydrogen (secondary N) is 1. The molecule has 2 amide bonds. The third-order valence-corrected chi connectivity index (χ3v) is 9.10. The van der Waals surface area contributed by atoms with Crippen molar-refractivity contribution >= 4 is 73.4 Å². The number of aryl methyl sites for hydroxylation is 1. The number of terminal acetylenes is 1. The molecule has 3 aromatic rings. The topological polar surface area (TPSA) is 116 Å². The fourth-order valence-electron chi connectivity index (χ4n) is 4.25. The number of nitrogens with zero attached hydrogens (tertiary/aromatic N) is 2. The Morgan fingerprint density at radius 1 is 1.15 bits per heavy atom. The van der Waals surface area contributed by atoms with E-state index in [0.29, 0.717) is 20.9 Å². The normalized spacial score (nSPS) is 13.0. The van der Waals surface area contributed by atoms with Crippen LogP contribution in [0.3, 0.4) is 0 Å². The number of benzene rings is 1. The van der Waals surface area contributed by atoms with Gasteiger partial charge in [-0.3, -0.25) is 9.59 Å². The molecule has 1 N–H and O–H groups in total. The standard InChI is InChI=1S/C27H27N3O6S3/c1-4-12-30-18-11-10-16(25(33)36-5-2)13-20(18)39-27(30)29-22(32)15-37-14-21(31)28-24-23(26(34)35-3)17-8-6-7-9-19(17)38-24/h1,10-11,13H,5-9,12,14-15H2,2-3H3,(H,28,31). The summed E-state index contributed by atoms with van der Waals surface area (Å²) in [5.74, 6) is 0.952. The van der Waals surface area contributed by atoms with Gasteiger partial charge in [-0.2, -0.15) is 4.99 Å². The van der Waals surface area contributed by atoms with Gasteiger partial charge in [0.2, 0.25) is 5.91 Å². The number of thiazole rings is 1. The molecular formula is C27H27N3O6S3. The Bertz CT molecular complexity index is 1540. The van der Waals surface area contributed by atoms with Gasteiger partial charge in [0.05, 0.1) is 53.1 Å². The van der Waals surface area contributed by atoms with Gasteiger partial charge in [0.15, 0.2) is 4.80 Å². The molecule has 2 aromatic heterocycles. The monoisotopic (exact) mass is 585 g/mol. The van der Waals surface area contributed by atoms with Crippen molar-refractivity contribution in [1.82, 2.24) is 4.57 Å². The lowest BCUT2D eigenvalue weighted by Crippen LogP contribution is -2.19. The van der Waals surface area contributed by atoms with Crippen LogP contribution in [0.4, 0.5) is 5.00 Å². The zero-order chi connectivity index (χ0) is 27.9. The number of ether oxygens (including phenoxy) is 2. The summed E-state index contributed by atoms with van der Waals surface area (Å²) in [5.41, 5.74) is 2.56. The first-order valence-corrected chi connectivity index (χ1v) is 15.1. The number of hydrogen-bond acceptors (Lipinski definition) is 9. The van der Waals surface area contributed by atoms with Crippen molar-refractivity contribution in [3.8, 4) is 12.3 Å². The second kappa shape index (κ2) is 13.1. The van der Waals surface area contributed by atoms with Gasteiger partial charge in [-0.25, -0.2) is 9.59 Å². The number of esters is 2. The molecular weight excluding hydrogens is 559 g/mol. The number of hydrogen-bond donors (Lipinski definition) is 1. The van der Waals surface area contributed by atoms with Crippen LogP contribution in [-0.4, -0.2) is 53.5 Å². The van der Waals surface area contributed by atoms with Crippen molar-refractivity contribution in [2.75, 3.05) is 30.5 Å². The molecule has 12 heteroatoms. The van der Waals surface area contributed by atoms with Gasteiger partial charge in [-0.15, -0.1) is 29.5 Å². The molecule has 0 radical (unpaired) electrons. The lowest BCUT2D eigenvalue weighted by molar-refractivity contribution is -0.115. The maximum atomic E-state index is 12.7. The minimum atomic E-state index is -0.454. The average molecular weight is 586 g/mol. The average Bonchev–Trinajstić information content (AvgIpc) is 3.45. The number of thiophene rings is 1. The van der Waals surface area contributed by atoms with E-state index in [1.165, 1.54) is 29.8 Å². The van der Waals surface area contributed by atoms with Crippen LogP contribution in [0.2, 0.25) is 0 Å². The van der Waals surface area contributed by atoms with Gasteiger partial charge < -0.3 is 19.4 Å². The molecule has 0 aliphatic heterocycles. The molecule has 0 saturated carbocycles. The fraction of sp³-hybridized carbons (Fsp3) is 0.370. The summed E-state index contributed by atoms with van der Waals surface area (Å²) in [5, 5.41) is 3.33. The predicted molar refractivity (Wildman–Crippen MR) is 153 cm³/mol. The van der Waals surface area contributed by atoms with Gasteiger partial charge in [0, 0.05) is 4.88 Å². The summed E-state index contributed by atoms with van der Waals surface area (Å²) in [6.45, 7) is 2.21. The first kappa shape index (κ1) is 28.6. The zero-order valence-corrected chi connectivity index (χ0v) is 24.0. The fourth-order valence-corrected chi connectivity index (χ4v) is 7.23. The molecule has 39 heavy (non-hydrogen) atoms. The van der Waals surface area contributed by atoms with Crippen molar-refractivity contribution in [2.45, 2.75) is 39.2 Å². The third-order valence-electron chi connectivity index (χ3n) is 5.94. The van der Waals surface area contributed by atoms with Crippen LogP contribution in [0, 0.1) is 12.3 Å². The minimum Gasteiger partial charge on any atom is -0.465 e. The number of fused-ring (bicyclic) bond motifs is 2. The molecule has 0 saturated heterocycles. The van der Waals surface area contributed by atoms with E-state index in [-0.39, 0.29) is 30.6 Å². The molecule has 0 bridgehead atoms. The van der Waals surface area contributed by atoms with E-state index >= 15 is 0 Å². The maximum Gasteiger partial charge on any atom is 0.341 e. The van der Waals surface area contributed by atoms with Crippen LogP contribution in [-0.2, 0) is 38.4 Å². The summed E-state index contributed by atoms with van der Waals surface area (Å²) < 4.78 is 12.5. The van der Waals surface area contributed by atoms with Crippen LogP contribution >= 0.6 is 34.4 Å². The molecule has 9 nitrogen and oxygen atoms in total. The van der Waals surface area contributed by atoms with E-state index in [0.717, 1.165) is 58.1 Å². The van der Waals surface area contributed by atoms with Crippen LogP contribution in [0.5, 0.6) is 0 Å². The lowest BCUT2D eigenvalue weighted by atomic mass is 9.95. The number of anilines is 1. The number of aromatic nitrogens is 1. The number of thioether (sulfide) groups is 1. The molecule has 204 valence electrons. The van der Waals surface area contributed by atoms with E-state index in [1.807, 2.05) is 0 Å². The highest BCUT2D eigenvalue weighted by molar-refractivity contribution is 8.00. The van der Waals surface area contributed by atoms with Crippen LogP contribution in [0.1, 0.15) is 50.9 Å². The molecule has 1 aliphatic rings. The van der Waals surface area contributed by atoms with Crippen molar-refractivity contribution < 1.29 is 28.7 Å². The summed E-state index contributed by atoms with van der Waals surface area (Å²) in [4.78, 5) is 55.5. The Hall–Kier alpha value is -3.40. The minimum absolute atomic E-state index is 0.0173. The number of carbonyl (C=O) groups is 4. The number of methoxy groups -OCH3 is 1. The number of amides is 2. The van der Waals surface area contributed by atoms with Gasteiger partial charge in [-0.1, -0.05) is 17.3 Å². The third kappa shape index (κ3) is 6.61. The second-order valence-corrected chi connectivity index (χ2v) is 11.6. The molecule has 0 atom stereocenters. The van der Waals surface area contributed by atoms with Crippen LogP contribution in [0.25, 0.3) is 10.2 Å². The molecule has 2 heterocycles. The molecule has 0 spiro atoms. The highest BCUT2D eigenvalue weighted by Gasteiger charge is 2.27. The molecule has 1 aromatic carbocycles. The predicted octanol–water partition coefficient (Wildman–Crippen LogP) is 4.04. The van der Waals surface area contributed by atoms with Gasteiger partial charge in [-0.05, 0) is 56.4 Å². The smallest absolute Gasteiger partial charge is 0.341 e. The lowest BCUT2D eigenvalue weighted by Gasteiger charge is -2.11. The summed E-state index contributed by atoms with van der Waals surface area (Å²) in [6, 6.07) is 5.09. The van der Waals surface area contributed by atoms with E-state index in [4.69, 9.17) is 15.9 Å².